The monoisotopic (exact) mass is 202 g/mol. The van der Waals surface area contributed by atoms with Gasteiger partial charge in [-0.05, 0) is 12.5 Å². The van der Waals surface area contributed by atoms with Crippen LogP contribution in [0.4, 0.5) is 0 Å². The van der Waals surface area contributed by atoms with E-state index in [1.54, 1.807) is 0 Å². The third-order valence-corrected chi connectivity index (χ3v) is 1.61. The average molecular weight is 202 g/mol. The number of carbonyl (C=O) groups excluding carboxylic acids is 1. The summed E-state index contributed by atoms with van der Waals surface area (Å²) in [4.78, 5) is 11.1. The molecule has 0 aromatic carbocycles. The zero-order chi connectivity index (χ0) is 10.8. The van der Waals surface area contributed by atoms with Crippen molar-refractivity contribution in [3.05, 3.63) is 0 Å². The van der Waals surface area contributed by atoms with Gasteiger partial charge >= 0.3 is 0 Å². The second-order valence-electron chi connectivity index (χ2n) is 3.60. The Morgan fingerprint density at radius 1 is 1.43 bits per heavy atom. The summed E-state index contributed by atoms with van der Waals surface area (Å²) in [5.41, 5.74) is 0. The lowest BCUT2D eigenvalue weighted by Gasteiger charge is -2.08. The van der Waals surface area contributed by atoms with E-state index in [1.165, 1.54) is 0 Å². The van der Waals surface area contributed by atoms with Crippen LogP contribution < -0.4 is 10.6 Å². The fourth-order valence-electron chi connectivity index (χ4n) is 0.855. The third-order valence-electron chi connectivity index (χ3n) is 1.61. The highest BCUT2D eigenvalue weighted by molar-refractivity contribution is 5.77. The fourth-order valence-corrected chi connectivity index (χ4v) is 0.855. The van der Waals surface area contributed by atoms with E-state index in [9.17, 15) is 4.79 Å². The van der Waals surface area contributed by atoms with Gasteiger partial charge in [-0.1, -0.05) is 20.8 Å². The fraction of sp³-hybridized carbons (Fsp3) is 0.900. The summed E-state index contributed by atoms with van der Waals surface area (Å²) in [6.07, 6.45) is 0. The van der Waals surface area contributed by atoms with Gasteiger partial charge in [0, 0.05) is 13.1 Å². The normalized spacial score (nSPS) is 10.6. The van der Waals surface area contributed by atoms with Crippen LogP contribution in [-0.4, -0.2) is 38.8 Å². The van der Waals surface area contributed by atoms with E-state index in [4.69, 9.17) is 4.74 Å². The van der Waals surface area contributed by atoms with Gasteiger partial charge in [0.05, 0.1) is 6.61 Å². The molecular formula is C10H22N2O2. The molecule has 0 saturated carbocycles. The van der Waals surface area contributed by atoms with Crippen LogP contribution in [0.5, 0.6) is 0 Å². The van der Waals surface area contributed by atoms with Crippen LogP contribution in [0.15, 0.2) is 0 Å². The van der Waals surface area contributed by atoms with Crippen LogP contribution in [-0.2, 0) is 9.53 Å². The maximum atomic E-state index is 11.1. The number of hydrogen-bond acceptors (Lipinski definition) is 3. The summed E-state index contributed by atoms with van der Waals surface area (Å²) in [6, 6.07) is 0. The molecule has 0 aliphatic rings. The first kappa shape index (κ1) is 13.4. The summed E-state index contributed by atoms with van der Waals surface area (Å²) in [5.74, 6) is 0.455. The van der Waals surface area contributed by atoms with Gasteiger partial charge in [0.2, 0.25) is 5.91 Å². The number of likely N-dealkylation sites (N-methyl/N-ethyl adjacent to an activating group) is 1. The Labute approximate surface area is 86.4 Å². The predicted octanol–water partition coefficient (Wildman–Crippen LogP) is 0.385. The molecule has 14 heavy (non-hydrogen) atoms. The smallest absolute Gasteiger partial charge is 0.246 e. The Bertz CT molecular complexity index is 149. The second kappa shape index (κ2) is 8.97. The minimum absolute atomic E-state index is 0.0322. The lowest BCUT2D eigenvalue weighted by Crippen LogP contribution is -2.31. The third kappa shape index (κ3) is 9.48. The molecule has 1 amide bonds. The molecule has 0 rings (SSSR count). The van der Waals surface area contributed by atoms with Crippen molar-refractivity contribution in [2.24, 2.45) is 5.92 Å². The summed E-state index contributed by atoms with van der Waals surface area (Å²) in [6.45, 7) is 9.36. The number of hydrogen-bond donors (Lipinski definition) is 2. The maximum Gasteiger partial charge on any atom is 0.246 e. The highest BCUT2D eigenvalue weighted by Gasteiger charge is 2.01. The quantitative estimate of drug-likeness (QED) is 0.560. The van der Waals surface area contributed by atoms with Crippen LogP contribution in [0.1, 0.15) is 20.8 Å². The van der Waals surface area contributed by atoms with Gasteiger partial charge in [-0.25, -0.2) is 0 Å². The van der Waals surface area contributed by atoms with Crippen LogP contribution >= 0.6 is 0 Å². The van der Waals surface area contributed by atoms with Gasteiger partial charge < -0.3 is 15.4 Å². The standard InChI is InChI=1S/C10H22N2O2/c1-4-11-5-6-14-8-10(13)12-7-9(2)3/h9,11H,4-8H2,1-3H3,(H,12,13). The van der Waals surface area contributed by atoms with Crippen molar-refractivity contribution in [3.8, 4) is 0 Å². The molecule has 0 heterocycles. The molecule has 0 aliphatic carbocycles. The number of carbonyl (C=O) groups is 1. The lowest BCUT2D eigenvalue weighted by atomic mass is 10.2. The first-order chi connectivity index (χ1) is 6.66. The van der Waals surface area contributed by atoms with Gasteiger partial charge in [0.15, 0.2) is 0 Å². The minimum Gasteiger partial charge on any atom is -0.370 e. The number of nitrogens with one attached hydrogen (secondary N) is 2. The summed E-state index contributed by atoms with van der Waals surface area (Å²) < 4.78 is 5.16. The molecule has 4 nitrogen and oxygen atoms in total. The van der Waals surface area contributed by atoms with E-state index in [1.807, 2.05) is 6.92 Å². The Balaban J connectivity index is 3.18. The van der Waals surface area contributed by atoms with E-state index in [-0.39, 0.29) is 12.5 Å². The highest BCUT2D eigenvalue weighted by atomic mass is 16.5. The highest BCUT2D eigenvalue weighted by Crippen LogP contribution is 1.86. The average Bonchev–Trinajstić information content (AvgIpc) is 2.14. The summed E-state index contributed by atoms with van der Waals surface area (Å²) in [5, 5.41) is 5.90. The molecule has 4 heteroatoms. The Morgan fingerprint density at radius 2 is 2.14 bits per heavy atom. The summed E-state index contributed by atoms with van der Waals surface area (Å²) >= 11 is 0. The Kier molecular flexibility index (Phi) is 8.57. The second-order valence-corrected chi connectivity index (χ2v) is 3.60. The van der Waals surface area contributed by atoms with Crippen molar-refractivity contribution in [2.45, 2.75) is 20.8 Å². The summed E-state index contributed by atoms with van der Waals surface area (Å²) in [7, 11) is 0. The Hall–Kier alpha value is -0.610. The minimum atomic E-state index is -0.0322. The molecule has 0 aliphatic heterocycles. The van der Waals surface area contributed by atoms with E-state index >= 15 is 0 Å². The maximum absolute atomic E-state index is 11.1. The molecule has 0 unspecified atom stereocenters. The van der Waals surface area contributed by atoms with E-state index in [0.29, 0.717) is 12.5 Å². The largest absolute Gasteiger partial charge is 0.370 e. The van der Waals surface area contributed by atoms with Crippen molar-refractivity contribution >= 4 is 5.91 Å². The van der Waals surface area contributed by atoms with Crippen LogP contribution in [0.2, 0.25) is 0 Å². The molecule has 0 aromatic rings. The van der Waals surface area contributed by atoms with Crippen molar-refractivity contribution in [1.82, 2.24) is 10.6 Å². The molecule has 0 atom stereocenters. The van der Waals surface area contributed by atoms with Crippen molar-refractivity contribution in [3.63, 3.8) is 0 Å². The van der Waals surface area contributed by atoms with Gasteiger partial charge in [-0.3, -0.25) is 4.79 Å². The molecule has 2 N–H and O–H groups in total. The molecular weight excluding hydrogens is 180 g/mol. The van der Waals surface area contributed by atoms with E-state index in [2.05, 4.69) is 24.5 Å². The van der Waals surface area contributed by atoms with E-state index in [0.717, 1.165) is 19.6 Å². The molecule has 0 saturated heterocycles. The lowest BCUT2D eigenvalue weighted by molar-refractivity contribution is -0.125. The molecule has 0 spiro atoms. The SMILES string of the molecule is CCNCCOCC(=O)NCC(C)C. The molecule has 0 radical (unpaired) electrons. The van der Waals surface area contributed by atoms with Gasteiger partial charge in [-0.15, -0.1) is 0 Å². The van der Waals surface area contributed by atoms with Crippen LogP contribution in [0.25, 0.3) is 0 Å². The molecule has 0 bridgehead atoms. The topological polar surface area (TPSA) is 50.4 Å². The number of rotatable bonds is 8. The molecule has 84 valence electrons. The van der Waals surface area contributed by atoms with E-state index < -0.39 is 0 Å². The molecule has 0 aromatic heterocycles. The number of amides is 1. The Morgan fingerprint density at radius 3 is 2.71 bits per heavy atom. The van der Waals surface area contributed by atoms with Crippen molar-refractivity contribution in [1.29, 1.82) is 0 Å². The first-order valence-electron chi connectivity index (χ1n) is 5.22. The van der Waals surface area contributed by atoms with Gasteiger partial charge in [0.1, 0.15) is 6.61 Å². The zero-order valence-electron chi connectivity index (χ0n) is 9.43. The van der Waals surface area contributed by atoms with Crippen LogP contribution in [0, 0.1) is 5.92 Å². The van der Waals surface area contributed by atoms with Crippen molar-refractivity contribution in [2.75, 3.05) is 32.8 Å². The first-order valence-corrected chi connectivity index (χ1v) is 5.22. The predicted molar refractivity (Wildman–Crippen MR) is 57.2 cm³/mol. The van der Waals surface area contributed by atoms with Crippen molar-refractivity contribution < 1.29 is 9.53 Å². The zero-order valence-corrected chi connectivity index (χ0v) is 9.43. The van der Waals surface area contributed by atoms with Gasteiger partial charge in [-0.2, -0.15) is 0 Å². The molecule has 0 fully saturated rings. The van der Waals surface area contributed by atoms with Crippen LogP contribution in [0.3, 0.4) is 0 Å². The number of ether oxygens (including phenoxy) is 1. The van der Waals surface area contributed by atoms with Gasteiger partial charge in [0.25, 0.3) is 0 Å².